The van der Waals surface area contributed by atoms with Gasteiger partial charge in [0, 0.05) is 17.6 Å². The molecular formula is C21H24ClNO2. The summed E-state index contributed by atoms with van der Waals surface area (Å²) in [6.07, 6.45) is 5.27. The number of carbonyl (C=O) groups excluding carboxylic acids is 1. The Balaban J connectivity index is 1.71. The fourth-order valence-corrected chi connectivity index (χ4v) is 2.48. The van der Waals surface area contributed by atoms with Crippen LogP contribution in [-0.2, 0) is 11.2 Å². The van der Waals surface area contributed by atoms with Crippen LogP contribution in [0.5, 0.6) is 5.75 Å². The maximum Gasteiger partial charge on any atom is 0.243 e. The van der Waals surface area contributed by atoms with Crippen LogP contribution in [0.1, 0.15) is 31.4 Å². The van der Waals surface area contributed by atoms with Crippen molar-refractivity contribution in [3.8, 4) is 5.75 Å². The molecule has 0 fully saturated rings. The molecule has 25 heavy (non-hydrogen) atoms. The zero-order valence-corrected chi connectivity index (χ0v) is 15.4. The third-order valence-electron chi connectivity index (χ3n) is 3.51. The number of rotatable bonds is 8. The molecule has 1 N–H and O–H groups in total. The van der Waals surface area contributed by atoms with Gasteiger partial charge in [0.15, 0.2) is 0 Å². The van der Waals surface area contributed by atoms with Crippen molar-refractivity contribution >= 4 is 23.6 Å². The lowest BCUT2D eigenvalue weighted by atomic mass is 10.1. The smallest absolute Gasteiger partial charge is 0.243 e. The predicted octanol–water partition coefficient (Wildman–Crippen LogP) is 4.89. The average Bonchev–Trinajstić information content (AvgIpc) is 2.58. The van der Waals surface area contributed by atoms with E-state index < -0.39 is 0 Å². The molecule has 0 aliphatic heterocycles. The molecule has 2 aromatic rings. The second-order valence-corrected chi connectivity index (χ2v) is 6.53. The number of ether oxygens (including phenoxy) is 1. The zero-order chi connectivity index (χ0) is 18.1. The summed E-state index contributed by atoms with van der Waals surface area (Å²) in [6, 6.07) is 15.5. The first-order valence-electron chi connectivity index (χ1n) is 8.50. The first-order valence-corrected chi connectivity index (χ1v) is 8.88. The summed E-state index contributed by atoms with van der Waals surface area (Å²) in [6.45, 7) is 4.67. The fourth-order valence-electron chi connectivity index (χ4n) is 2.36. The van der Waals surface area contributed by atoms with Gasteiger partial charge in [-0.25, -0.2) is 0 Å². The zero-order valence-electron chi connectivity index (χ0n) is 14.7. The minimum Gasteiger partial charge on any atom is -0.491 e. The molecule has 4 heteroatoms. The lowest BCUT2D eigenvalue weighted by Gasteiger charge is -2.11. The van der Waals surface area contributed by atoms with E-state index in [2.05, 4.69) is 17.4 Å². The molecule has 132 valence electrons. The van der Waals surface area contributed by atoms with Gasteiger partial charge >= 0.3 is 0 Å². The molecule has 0 atom stereocenters. The molecule has 0 aromatic heterocycles. The fraction of sp³-hybridized carbons (Fsp3) is 0.286. The van der Waals surface area contributed by atoms with Crippen molar-refractivity contribution in [1.29, 1.82) is 0 Å². The van der Waals surface area contributed by atoms with Gasteiger partial charge in [-0.1, -0.05) is 35.9 Å². The molecule has 0 saturated carbocycles. The summed E-state index contributed by atoms with van der Waals surface area (Å²) in [5.41, 5.74) is 2.16. The molecule has 0 spiro atoms. The molecule has 1 amide bonds. The quantitative estimate of drug-likeness (QED) is 0.539. The van der Waals surface area contributed by atoms with E-state index in [0.29, 0.717) is 11.6 Å². The Bertz CT molecular complexity index is 708. The maximum atomic E-state index is 11.8. The van der Waals surface area contributed by atoms with Crippen molar-refractivity contribution in [3.63, 3.8) is 0 Å². The summed E-state index contributed by atoms with van der Waals surface area (Å²) >= 11 is 5.83. The van der Waals surface area contributed by atoms with Crippen LogP contribution in [0, 0.1) is 0 Å². The molecule has 0 saturated heterocycles. The minimum atomic E-state index is -0.0909. The Morgan fingerprint density at radius 2 is 1.96 bits per heavy atom. The topological polar surface area (TPSA) is 38.3 Å². The first kappa shape index (κ1) is 19.1. The lowest BCUT2D eigenvalue weighted by molar-refractivity contribution is -0.116. The second kappa shape index (κ2) is 9.90. The van der Waals surface area contributed by atoms with Crippen LogP contribution in [-0.4, -0.2) is 18.6 Å². The molecular weight excluding hydrogens is 334 g/mol. The number of amides is 1. The molecule has 0 unspecified atom stereocenters. The van der Waals surface area contributed by atoms with Crippen LogP contribution < -0.4 is 10.1 Å². The highest BCUT2D eigenvalue weighted by Crippen LogP contribution is 2.16. The monoisotopic (exact) mass is 357 g/mol. The van der Waals surface area contributed by atoms with Crippen molar-refractivity contribution in [2.45, 2.75) is 32.8 Å². The second-order valence-electron chi connectivity index (χ2n) is 6.09. The molecule has 3 nitrogen and oxygen atoms in total. The van der Waals surface area contributed by atoms with Crippen LogP contribution in [0.4, 0.5) is 0 Å². The molecule has 2 aromatic carbocycles. The van der Waals surface area contributed by atoms with Gasteiger partial charge in [-0.15, -0.1) is 0 Å². The van der Waals surface area contributed by atoms with E-state index in [1.54, 1.807) is 24.3 Å². The van der Waals surface area contributed by atoms with E-state index in [1.165, 1.54) is 5.56 Å². The summed E-state index contributed by atoms with van der Waals surface area (Å²) < 4.78 is 5.69. The van der Waals surface area contributed by atoms with Gasteiger partial charge in [0.1, 0.15) is 5.75 Å². The van der Waals surface area contributed by atoms with Crippen molar-refractivity contribution in [3.05, 3.63) is 70.8 Å². The van der Waals surface area contributed by atoms with Crippen LogP contribution in [0.15, 0.2) is 54.6 Å². The number of nitrogens with one attached hydrogen (secondary N) is 1. The van der Waals surface area contributed by atoms with Gasteiger partial charge in [-0.3, -0.25) is 4.79 Å². The SMILES string of the molecule is CC(C)Oc1cccc(CCCNC(=O)/C=C/c2ccc(Cl)cc2)c1. The molecule has 2 rings (SSSR count). The Morgan fingerprint density at radius 1 is 1.20 bits per heavy atom. The number of aryl methyl sites for hydroxylation is 1. The summed E-state index contributed by atoms with van der Waals surface area (Å²) in [5.74, 6) is 0.800. The highest BCUT2D eigenvalue weighted by atomic mass is 35.5. The van der Waals surface area contributed by atoms with Gasteiger partial charge in [0.05, 0.1) is 6.10 Å². The molecule has 0 aliphatic carbocycles. The van der Waals surface area contributed by atoms with Gasteiger partial charge < -0.3 is 10.1 Å². The van der Waals surface area contributed by atoms with Crippen molar-refractivity contribution < 1.29 is 9.53 Å². The van der Waals surface area contributed by atoms with Gasteiger partial charge in [0.25, 0.3) is 0 Å². The van der Waals surface area contributed by atoms with E-state index in [9.17, 15) is 4.79 Å². The number of benzene rings is 2. The third-order valence-corrected chi connectivity index (χ3v) is 3.76. The summed E-state index contributed by atoms with van der Waals surface area (Å²) in [4.78, 5) is 11.8. The van der Waals surface area contributed by atoms with Crippen molar-refractivity contribution in [2.75, 3.05) is 6.54 Å². The maximum absolute atomic E-state index is 11.8. The first-order chi connectivity index (χ1) is 12.0. The van der Waals surface area contributed by atoms with Gasteiger partial charge in [-0.2, -0.15) is 0 Å². The Kier molecular flexibility index (Phi) is 7.55. The highest BCUT2D eigenvalue weighted by Gasteiger charge is 2.00. The Labute approximate surface area is 154 Å². The Morgan fingerprint density at radius 3 is 2.68 bits per heavy atom. The van der Waals surface area contributed by atoms with Gasteiger partial charge in [0.2, 0.25) is 5.91 Å². The third kappa shape index (κ3) is 7.44. The predicted molar refractivity (Wildman–Crippen MR) is 104 cm³/mol. The largest absolute Gasteiger partial charge is 0.491 e. The summed E-state index contributed by atoms with van der Waals surface area (Å²) in [7, 11) is 0. The van der Waals surface area contributed by atoms with Crippen LogP contribution in [0.2, 0.25) is 5.02 Å². The molecule has 0 heterocycles. The van der Waals surface area contributed by atoms with E-state index in [-0.39, 0.29) is 12.0 Å². The van der Waals surface area contributed by atoms with Crippen molar-refractivity contribution in [1.82, 2.24) is 5.32 Å². The molecule has 0 radical (unpaired) electrons. The lowest BCUT2D eigenvalue weighted by Crippen LogP contribution is -2.22. The normalized spacial score (nSPS) is 11.0. The Hall–Kier alpha value is -2.26. The van der Waals surface area contributed by atoms with Crippen molar-refractivity contribution in [2.24, 2.45) is 0 Å². The van der Waals surface area contributed by atoms with Crippen LogP contribution in [0.3, 0.4) is 0 Å². The van der Waals surface area contributed by atoms with Gasteiger partial charge in [-0.05, 0) is 68.2 Å². The number of hydrogen-bond donors (Lipinski definition) is 1. The van der Waals surface area contributed by atoms with E-state index in [4.69, 9.17) is 16.3 Å². The minimum absolute atomic E-state index is 0.0909. The van der Waals surface area contributed by atoms with E-state index in [0.717, 1.165) is 24.2 Å². The standard InChI is InChI=1S/C21H24ClNO2/c1-16(2)25-20-7-3-5-18(15-20)6-4-14-23-21(24)13-10-17-8-11-19(22)12-9-17/h3,5,7-13,15-16H,4,6,14H2,1-2H3,(H,23,24)/b13-10+. The van der Waals surface area contributed by atoms with E-state index in [1.807, 2.05) is 38.1 Å². The van der Waals surface area contributed by atoms with Crippen LogP contribution >= 0.6 is 11.6 Å². The average molecular weight is 358 g/mol. The molecule has 0 bridgehead atoms. The van der Waals surface area contributed by atoms with E-state index >= 15 is 0 Å². The summed E-state index contributed by atoms with van der Waals surface area (Å²) in [5, 5.41) is 3.58. The number of halogens is 1. The number of hydrogen-bond acceptors (Lipinski definition) is 2. The number of carbonyl (C=O) groups is 1. The highest BCUT2D eigenvalue weighted by molar-refractivity contribution is 6.30. The van der Waals surface area contributed by atoms with Crippen LogP contribution in [0.25, 0.3) is 6.08 Å². The molecule has 0 aliphatic rings.